The minimum Gasteiger partial charge on any atom is -0.349 e. The van der Waals surface area contributed by atoms with E-state index in [1.54, 1.807) is 0 Å². The lowest BCUT2D eigenvalue weighted by atomic mass is 10.1. The van der Waals surface area contributed by atoms with Gasteiger partial charge in [-0.2, -0.15) is 0 Å². The van der Waals surface area contributed by atoms with Gasteiger partial charge < -0.3 is 21.3 Å². The summed E-state index contributed by atoms with van der Waals surface area (Å²) in [5.74, 6) is -3.70. The Morgan fingerprint density at radius 3 is 1.13 bits per heavy atom. The average molecular weight is 739 g/mol. The topological polar surface area (TPSA) is 289 Å². The Balaban J connectivity index is 1.52. The largest absolute Gasteiger partial charge is 0.349 e. The van der Waals surface area contributed by atoms with E-state index < -0.39 is 66.1 Å². The van der Waals surface area contributed by atoms with Gasteiger partial charge in [-0.05, 0) is 35.4 Å². The number of rotatable bonds is 15. The molecule has 0 saturated carbocycles. The highest BCUT2D eigenvalue weighted by Crippen LogP contribution is 2.19. The Kier molecular flexibility index (Phi) is 12.6. The van der Waals surface area contributed by atoms with Crippen LogP contribution in [0.2, 0.25) is 0 Å². The molecule has 0 aliphatic rings. The summed E-state index contributed by atoms with van der Waals surface area (Å²) in [6.45, 7) is -0.598. The number of nitro benzene ring substituents is 4. The molecule has 0 radical (unpaired) electrons. The van der Waals surface area contributed by atoms with Gasteiger partial charge in [-0.15, -0.1) is 0 Å². The first kappa shape index (κ1) is 38.6. The molecule has 0 bridgehead atoms. The number of hydrogen-bond donors (Lipinski definition) is 4. The van der Waals surface area contributed by atoms with E-state index in [1.807, 2.05) is 0 Å². The number of hydrogen-bond acceptors (Lipinski definition) is 12. The van der Waals surface area contributed by atoms with Crippen molar-refractivity contribution in [1.29, 1.82) is 0 Å². The summed E-state index contributed by atoms with van der Waals surface area (Å²) in [5, 5.41) is 54.5. The lowest BCUT2D eigenvalue weighted by molar-refractivity contribution is -0.385. The van der Waals surface area contributed by atoms with Crippen LogP contribution in [0.15, 0.2) is 108 Å². The Labute approximate surface area is 302 Å². The van der Waals surface area contributed by atoms with E-state index in [-0.39, 0.29) is 46.7 Å². The quantitative estimate of drug-likeness (QED) is 0.0586. The van der Waals surface area contributed by atoms with Gasteiger partial charge in [0, 0.05) is 72.7 Å². The van der Waals surface area contributed by atoms with E-state index >= 15 is 0 Å². The van der Waals surface area contributed by atoms with Crippen LogP contribution >= 0.6 is 0 Å². The van der Waals surface area contributed by atoms with Gasteiger partial charge in [0.2, 0.25) is 0 Å². The van der Waals surface area contributed by atoms with Gasteiger partial charge in [-0.1, -0.05) is 36.4 Å². The summed E-state index contributed by atoms with van der Waals surface area (Å²) in [5.41, 5.74) is -2.35. The second-order valence-corrected chi connectivity index (χ2v) is 10.9. The third-order valence-corrected chi connectivity index (χ3v) is 7.10. The number of carbonyl (C=O) groups excluding carboxylic acids is 4. The Morgan fingerprint density at radius 1 is 0.481 bits per heavy atom. The SMILES string of the molecule is O=C(NCCNC(=O)/C(=C/c1cccc([N+](=O)[O-])c1)NC(=O)c1cccc([N+](=O)[O-])c1)/C(=C/c1cccc([N+](=O)[O-])c1)NC(=O)c1cccc([N+](=O)[O-])c1. The van der Waals surface area contributed by atoms with Crippen molar-refractivity contribution in [3.05, 3.63) is 171 Å². The maximum absolute atomic E-state index is 13.3. The molecule has 4 amide bonds. The first-order valence-electron chi connectivity index (χ1n) is 15.3. The van der Waals surface area contributed by atoms with E-state index in [2.05, 4.69) is 21.3 Å². The van der Waals surface area contributed by atoms with Gasteiger partial charge in [0.25, 0.3) is 46.4 Å². The molecule has 0 saturated heterocycles. The fourth-order valence-corrected chi connectivity index (χ4v) is 4.56. The van der Waals surface area contributed by atoms with Crippen molar-refractivity contribution in [2.45, 2.75) is 0 Å². The van der Waals surface area contributed by atoms with Crippen molar-refractivity contribution in [2.75, 3.05) is 13.1 Å². The molecule has 4 N–H and O–H groups in total. The van der Waals surface area contributed by atoms with Crippen LogP contribution in [0, 0.1) is 40.5 Å². The monoisotopic (exact) mass is 738 g/mol. The van der Waals surface area contributed by atoms with Crippen LogP contribution in [0.4, 0.5) is 22.7 Å². The molecule has 0 spiro atoms. The first-order chi connectivity index (χ1) is 25.7. The second-order valence-electron chi connectivity index (χ2n) is 10.9. The van der Waals surface area contributed by atoms with Gasteiger partial charge in [0.15, 0.2) is 0 Å². The molecule has 4 aromatic rings. The minimum atomic E-state index is -0.930. The lowest BCUT2D eigenvalue weighted by Crippen LogP contribution is -2.41. The number of nitrogens with one attached hydrogen (secondary N) is 4. The van der Waals surface area contributed by atoms with Crippen LogP contribution in [-0.4, -0.2) is 56.4 Å². The number of non-ortho nitro benzene ring substituents is 4. The Bertz CT molecular complexity index is 2100. The first-order valence-corrected chi connectivity index (χ1v) is 15.3. The van der Waals surface area contributed by atoms with E-state index in [1.165, 1.54) is 60.7 Å². The van der Waals surface area contributed by atoms with Crippen LogP contribution in [0.5, 0.6) is 0 Å². The molecule has 0 fully saturated rings. The van der Waals surface area contributed by atoms with Gasteiger partial charge in [0.1, 0.15) is 11.4 Å². The summed E-state index contributed by atoms with van der Waals surface area (Å²) in [6, 6.07) is 19.5. The van der Waals surface area contributed by atoms with E-state index in [4.69, 9.17) is 0 Å². The third kappa shape index (κ3) is 10.7. The van der Waals surface area contributed by atoms with Crippen LogP contribution < -0.4 is 21.3 Å². The van der Waals surface area contributed by atoms with Crippen molar-refractivity contribution in [3.63, 3.8) is 0 Å². The number of nitro groups is 4. The number of benzene rings is 4. The molecule has 0 aromatic heterocycles. The summed E-state index contributed by atoms with van der Waals surface area (Å²) < 4.78 is 0. The molecule has 20 heteroatoms. The van der Waals surface area contributed by atoms with Crippen LogP contribution in [0.3, 0.4) is 0 Å². The van der Waals surface area contributed by atoms with Gasteiger partial charge in [-0.25, -0.2) is 0 Å². The average Bonchev–Trinajstić information content (AvgIpc) is 3.15. The predicted molar refractivity (Wildman–Crippen MR) is 189 cm³/mol. The Hall–Kier alpha value is -8.16. The maximum atomic E-state index is 13.3. The zero-order chi connectivity index (χ0) is 39.4. The third-order valence-electron chi connectivity index (χ3n) is 7.10. The fraction of sp³-hybridized carbons (Fsp3) is 0.0588. The van der Waals surface area contributed by atoms with E-state index in [9.17, 15) is 59.6 Å². The molecule has 0 aliphatic heterocycles. The summed E-state index contributed by atoms with van der Waals surface area (Å²) in [4.78, 5) is 94.7. The molecule has 20 nitrogen and oxygen atoms in total. The number of carbonyl (C=O) groups is 4. The molecule has 0 atom stereocenters. The molecule has 274 valence electrons. The summed E-state index contributed by atoms with van der Waals surface area (Å²) >= 11 is 0. The number of nitrogens with zero attached hydrogens (tertiary/aromatic N) is 4. The van der Waals surface area contributed by atoms with Crippen molar-refractivity contribution in [3.8, 4) is 0 Å². The Morgan fingerprint density at radius 2 is 0.796 bits per heavy atom. The van der Waals surface area contributed by atoms with E-state index in [0.717, 1.165) is 48.6 Å². The fourth-order valence-electron chi connectivity index (χ4n) is 4.56. The molecule has 54 heavy (non-hydrogen) atoms. The molecule has 4 aromatic carbocycles. The predicted octanol–water partition coefficient (Wildman–Crippen LogP) is 3.79. The van der Waals surface area contributed by atoms with Gasteiger partial charge in [-0.3, -0.25) is 59.6 Å². The minimum absolute atomic E-state index is 0.136. The van der Waals surface area contributed by atoms with Crippen molar-refractivity contribution >= 4 is 58.5 Å². The smallest absolute Gasteiger partial charge is 0.270 e. The van der Waals surface area contributed by atoms with Crippen LogP contribution in [-0.2, 0) is 9.59 Å². The molecular weight excluding hydrogens is 712 g/mol. The molecule has 0 unspecified atom stereocenters. The zero-order valence-corrected chi connectivity index (χ0v) is 27.5. The van der Waals surface area contributed by atoms with Crippen molar-refractivity contribution in [1.82, 2.24) is 21.3 Å². The second kappa shape index (κ2) is 17.7. The molecule has 0 aliphatic carbocycles. The highest BCUT2D eigenvalue weighted by Gasteiger charge is 2.20. The summed E-state index contributed by atoms with van der Waals surface area (Å²) in [7, 11) is 0. The van der Waals surface area contributed by atoms with Gasteiger partial charge >= 0.3 is 0 Å². The van der Waals surface area contributed by atoms with Crippen molar-refractivity contribution in [2.24, 2.45) is 0 Å². The van der Waals surface area contributed by atoms with E-state index in [0.29, 0.717) is 0 Å². The zero-order valence-electron chi connectivity index (χ0n) is 27.5. The van der Waals surface area contributed by atoms with Crippen LogP contribution in [0.1, 0.15) is 31.8 Å². The highest BCUT2D eigenvalue weighted by molar-refractivity contribution is 6.06. The maximum Gasteiger partial charge on any atom is 0.270 e. The number of amides is 4. The lowest BCUT2D eigenvalue weighted by Gasteiger charge is -2.13. The molecule has 0 heterocycles. The molecule has 4 rings (SSSR count). The highest BCUT2D eigenvalue weighted by atomic mass is 16.6. The standard InChI is InChI=1S/C34H26N8O12/c43-31(23-7-3-11-27(19-23)41(51)52)37-29(17-21-5-1-9-25(15-21)39(47)48)33(45)35-13-14-36-34(46)30(18-22-6-2-10-26(16-22)40(49)50)38-32(44)24-8-4-12-28(20-24)42(53)54/h1-12,15-20H,13-14H2,(H,35,45)(H,36,46)(H,37,43)(H,38,44)/b29-17-,30-18-. The van der Waals surface area contributed by atoms with Gasteiger partial charge in [0.05, 0.1) is 19.7 Å². The molecular formula is C34H26N8O12. The van der Waals surface area contributed by atoms with Crippen LogP contribution in [0.25, 0.3) is 12.2 Å². The summed E-state index contributed by atoms with van der Waals surface area (Å²) in [6.07, 6.45) is 2.25. The normalized spacial score (nSPS) is 11.1. The van der Waals surface area contributed by atoms with Crippen molar-refractivity contribution < 1.29 is 38.9 Å².